The van der Waals surface area contributed by atoms with Crippen molar-refractivity contribution in [2.24, 2.45) is 0 Å². The topological polar surface area (TPSA) is 0 Å². The second-order valence-electron chi connectivity index (χ2n) is 2.88. The van der Waals surface area contributed by atoms with Gasteiger partial charge in [-0.1, -0.05) is 41.9 Å². The molecular weight excluding hydrogens is 288 g/mol. The first-order valence-corrected chi connectivity index (χ1v) is 7.75. The zero-order valence-electron chi connectivity index (χ0n) is 9.00. The van der Waals surface area contributed by atoms with Gasteiger partial charge in [-0.3, -0.25) is 0 Å². The van der Waals surface area contributed by atoms with Crippen molar-refractivity contribution in [3.63, 3.8) is 0 Å². The minimum Gasteiger partial charge on any atom is -0.120 e. The van der Waals surface area contributed by atoms with Gasteiger partial charge in [0.25, 0.3) is 0 Å². The summed E-state index contributed by atoms with van der Waals surface area (Å²) in [5.74, 6) is 2.27. The van der Waals surface area contributed by atoms with E-state index in [9.17, 15) is 0 Å². The zero-order valence-corrected chi connectivity index (χ0v) is 12.2. The summed E-state index contributed by atoms with van der Waals surface area (Å²) in [5, 5.41) is 0. The van der Waals surface area contributed by atoms with Crippen LogP contribution in [0.15, 0.2) is 33.0 Å². The molecule has 0 nitrogen and oxygen atoms in total. The smallest absolute Gasteiger partial charge is 0.0406 e. The predicted molar refractivity (Wildman–Crippen MR) is 78.4 cm³/mol. The van der Waals surface area contributed by atoms with E-state index < -0.39 is 0 Å². The number of hydrogen-bond donors (Lipinski definition) is 0. The van der Waals surface area contributed by atoms with Crippen LogP contribution in [0.3, 0.4) is 0 Å². The lowest BCUT2D eigenvalue weighted by atomic mass is 10.2. The van der Waals surface area contributed by atoms with Crippen molar-refractivity contribution in [1.82, 2.24) is 0 Å². The van der Waals surface area contributed by atoms with Crippen molar-refractivity contribution >= 4 is 45.5 Å². The maximum Gasteiger partial charge on any atom is 0.0406 e. The summed E-state index contributed by atoms with van der Waals surface area (Å²) in [6, 6.07) is 8.43. The molecule has 0 atom stereocenters. The number of rotatable bonds is 5. The van der Waals surface area contributed by atoms with Gasteiger partial charge in [-0.2, -0.15) is 0 Å². The Morgan fingerprint density at radius 3 is 2.13 bits per heavy atom. The molecule has 0 amide bonds. The molecule has 0 aliphatic heterocycles. The molecule has 0 aliphatic carbocycles. The van der Waals surface area contributed by atoms with Crippen molar-refractivity contribution in [3.8, 4) is 0 Å². The molecule has 1 aromatic rings. The second-order valence-corrected chi connectivity index (χ2v) is 6.67. The van der Waals surface area contributed by atoms with Gasteiger partial charge in [-0.05, 0) is 35.3 Å². The largest absolute Gasteiger partial charge is 0.120 e. The Bertz CT molecular complexity index is 309. The summed E-state index contributed by atoms with van der Waals surface area (Å²) >= 11 is 7.27. The van der Waals surface area contributed by atoms with E-state index in [0.717, 1.165) is 16.0 Å². The van der Waals surface area contributed by atoms with Crippen LogP contribution in [0.2, 0.25) is 0 Å². The molecular formula is C12H15BrS2. The third-order valence-corrected chi connectivity index (χ3v) is 4.35. The fraction of sp³-hybridized carbons (Fsp3) is 0.333. The number of halogens is 1. The Kier molecular flexibility index (Phi) is 6.53. The standard InChI is InChI=1S/C12H15BrS2/c1-3-14-12(15-4-2)9-10-5-7-11(13)8-6-10/h5-9H,3-4H2,1-2H3. The molecule has 0 aliphatic rings. The minimum atomic E-state index is 1.13. The molecule has 0 bridgehead atoms. The Labute approximate surface area is 109 Å². The van der Waals surface area contributed by atoms with Gasteiger partial charge in [-0.15, -0.1) is 23.5 Å². The first-order valence-electron chi connectivity index (χ1n) is 4.99. The lowest BCUT2D eigenvalue weighted by Crippen LogP contribution is -1.77. The Morgan fingerprint density at radius 2 is 1.67 bits per heavy atom. The van der Waals surface area contributed by atoms with E-state index in [1.807, 2.05) is 23.5 Å². The summed E-state index contributed by atoms with van der Waals surface area (Å²) in [7, 11) is 0. The summed E-state index contributed by atoms with van der Waals surface area (Å²) in [4.78, 5) is 0. The Balaban J connectivity index is 2.76. The number of benzene rings is 1. The molecule has 0 spiro atoms. The lowest BCUT2D eigenvalue weighted by molar-refractivity contribution is 1.53. The van der Waals surface area contributed by atoms with E-state index in [1.165, 1.54) is 9.80 Å². The van der Waals surface area contributed by atoms with Crippen molar-refractivity contribution in [2.45, 2.75) is 13.8 Å². The highest BCUT2D eigenvalue weighted by molar-refractivity contribution is 9.10. The average molecular weight is 303 g/mol. The number of hydrogen-bond acceptors (Lipinski definition) is 2. The molecule has 0 heterocycles. The highest BCUT2D eigenvalue weighted by atomic mass is 79.9. The molecule has 0 unspecified atom stereocenters. The van der Waals surface area contributed by atoms with Gasteiger partial charge in [0.2, 0.25) is 0 Å². The normalized spacial score (nSPS) is 10.1. The van der Waals surface area contributed by atoms with Gasteiger partial charge < -0.3 is 0 Å². The summed E-state index contributed by atoms with van der Waals surface area (Å²) in [6.45, 7) is 4.38. The molecule has 0 fully saturated rings. The number of thioether (sulfide) groups is 2. The highest BCUT2D eigenvalue weighted by Gasteiger charge is 1.97. The molecule has 0 aromatic heterocycles. The molecule has 0 radical (unpaired) electrons. The third-order valence-electron chi connectivity index (χ3n) is 1.73. The zero-order chi connectivity index (χ0) is 11.1. The Morgan fingerprint density at radius 1 is 1.13 bits per heavy atom. The molecule has 15 heavy (non-hydrogen) atoms. The van der Waals surface area contributed by atoms with E-state index in [0.29, 0.717) is 0 Å². The van der Waals surface area contributed by atoms with E-state index >= 15 is 0 Å². The monoisotopic (exact) mass is 302 g/mol. The molecule has 0 saturated heterocycles. The SMILES string of the molecule is CCSC(=Cc1ccc(Br)cc1)SCC. The van der Waals surface area contributed by atoms with Crippen molar-refractivity contribution < 1.29 is 0 Å². The van der Waals surface area contributed by atoms with Crippen molar-refractivity contribution in [2.75, 3.05) is 11.5 Å². The van der Waals surface area contributed by atoms with Crippen LogP contribution in [-0.4, -0.2) is 11.5 Å². The first-order chi connectivity index (χ1) is 7.26. The molecule has 82 valence electrons. The molecule has 3 heteroatoms. The van der Waals surface area contributed by atoms with Gasteiger partial charge in [-0.25, -0.2) is 0 Å². The summed E-state index contributed by atoms with van der Waals surface area (Å²) in [5.41, 5.74) is 1.27. The summed E-state index contributed by atoms with van der Waals surface area (Å²) < 4.78 is 2.54. The van der Waals surface area contributed by atoms with Crippen LogP contribution in [0, 0.1) is 0 Å². The third kappa shape index (κ3) is 5.14. The average Bonchev–Trinajstić information content (AvgIpc) is 2.22. The van der Waals surface area contributed by atoms with E-state index in [1.54, 1.807) is 0 Å². The van der Waals surface area contributed by atoms with E-state index in [-0.39, 0.29) is 0 Å². The molecule has 0 saturated carbocycles. The van der Waals surface area contributed by atoms with Crippen molar-refractivity contribution in [1.29, 1.82) is 0 Å². The summed E-state index contributed by atoms with van der Waals surface area (Å²) in [6.07, 6.45) is 2.26. The molecule has 1 aromatic carbocycles. The minimum absolute atomic E-state index is 1.13. The van der Waals surface area contributed by atoms with Crippen LogP contribution >= 0.6 is 39.5 Å². The van der Waals surface area contributed by atoms with Gasteiger partial charge >= 0.3 is 0 Å². The van der Waals surface area contributed by atoms with Crippen LogP contribution in [0.1, 0.15) is 19.4 Å². The maximum absolute atomic E-state index is 3.44. The van der Waals surface area contributed by atoms with Crippen LogP contribution in [-0.2, 0) is 0 Å². The van der Waals surface area contributed by atoms with Gasteiger partial charge in [0, 0.05) is 8.71 Å². The molecule has 0 N–H and O–H groups in total. The van der Waals surface area contributed by atoms with Gasteiger partial charge in [0.05, 0.1) is 0 Å². The fourth-order valence-electron chi connectivity index (χ4n) is 1.10. The van der Waals surface area contributed by atoms with Crippen molar-refractivity contribution in [3.05, 3.63) is 38.5 Å². The first kappa shape index (κ1) is 13.2. The van der Waals surface area contributed by atoms with Crippen LogP contribution in [0.4, 0.5) is 0 Å². The van der Waals surface area contributed by atoms with Crippen LogP contribution < -0.4 is 0 Å². The quantitative estimate of drug-likeness (QED) is 0.728. The van der Waals surface area contributed by atoms with E-state index in [2.05, 4.69) is 60.1 Å². The Hall–Kier alpha value is 0.140. The molecule has 1 rings (SSSR count). The predicted octanol–water partition coefficient (Wildman–Crippen LogP) is 5.25. The highest BCUT2D eigenvalue weighted by Crippen LogP contribution is 2.30. The maximum atomic E-state index is 3.44. The second kappa shape index (κ2) is 7.42. The van der Waals surface area contributed by atoms with E-state index in [4.69, 9.17) is 0 Å². The fourth-order valence-corrected chi connectivity index (χ4v) is 3.42. The van der Waals surface area contributed by atoms with Crippen LogP contribution in [0.25, 0.3) is 6.08 Å². The van der Waals surface area contributed by atoms with Gasteiger partial charge in [0.15, 0.2) is 0 Å². The van der Waals surface area contributed by atoms with Gasteiger partial charge in [0.1, 0.15) is 0 Å². The lowest BCUT2D eigenvalue weighted by Gasteiger charge is -2.03. The van der Waals surface area contributed by atoms with Crippen LogP contribution in [0.5, 0.6) is 0 Å².